The van der Waals surface area contributed by atoms with Crippen LogP contribution in [0.1, 0.15) is 12.5 Å². The van der Waals surface area contributed by atoms with Crippen molar-refractivity contribution in [3.63, 3.8) is 0 Å². The summed E-state index contributed by atoms with van der Waals surface area (Å²) >= 11 is 1.28. The maximum Gasteiger partial charge on any atom is 0.233 e. The van der Waals surface area contributed by atoms with E-state index < -0.39 is 0 Å². The average Bonchev–Trinajstić information content (AvgIpc) is 3.11. The number of benzene rings is 2. The lowest BCUT2D eigenvalue weighted by Gasteiger charge is -2.11. The van der Waals surface area contributed by atoms with Gasteiger partial charge in [0.05, 0.1) is 10.9 Å². The van der Waals surface area contributed by atoms with E-state index in [1.165, 1.54) is 22.0 Å². The van der Waals surface area contributed by atoms with Crippen LogP contribution in [0.15, 0.2) is 59.8 Å². The minimum absolute atomic E-state index is 0.0637. The summed E-state index contributed by atoms with van der Waals surface area (Å²) in [4.78, 5) is 12.3. The van der Waals surface area contributed by atoms with Crippen LogP contribution in [0, 0.1) is 0 Å². The van der Waals surface area contributed by atoms with Crippen LogP contribution in [0.4, 0.5) is 0 Å². The lowest BCUT2D eigenvalue weighted by Crippen LogP contribution is -2.32. The number of carbonyl (C=O) groups excluding carboxylic acids is 1. The lowest BCUT2D eigenvalue weighted by atomic mass is 10.1. The molecule has 0 aliphatic heterocycles. The quantitative estimate of drug-likeness (QED) is 0.620. The second-order valence-electron chi connectivity index (χ2n) is 5.68. The Labute approximate surface area is 155 Å². The van der Waals surface area contributed by atoms with Crippen LogP contribution in [-0.2, 0) is 11.2 Å². The van der Waals surface area contributed by atoms with Gasteiger partial charge in [0, 0.05) is 6.54 Å². The number of hydrogen-bond donors (Lipinski definition) is 2. The van der Waals surface area contributed by atoms with Gasteiger partial charge in [-0.1, -0.05) is 42.1 Å². The van der Waals surface area contributed by atoms with E-state index in [1.54, 1.807) is 24.3 Å². The van der Waals surface area contributed by atoms with Crippen molar-refractivity contribution in [2.45, 2.75) is 23.8 Å². The minimum atomic E-state index is -0.340. The van der Waals surface area contributed by atoms with Crippen LogP contribution in [0.3, 0.4) is 0 Å². The average molecular weight is 369 g/mol. The van der Waals surface area contributed by atoms with Gasteiger partial charge in [-0.15, -0.1) is 5.10 Å². The van der Waals surface area contributed by atoms with Crippen molar-refractivity contribution in [1.29, 1.82) is 0 Å². The molecule has 0 aliphatic carbocycles. The second kappa shape index (κ2) is 8.48. The van der Waals surface area contributed by atoms with Gasteiger partial charge in [0.1, 0.15) is 5.75 Å². The molecule has 1 unspecified atom stereocenters. The number of tetrazole rings is 1. The van der Waals surface area contributed by atoms with E-state index in [2.05, 4.69) is 20.8 Å². The highest BCUT2D eigenvalue weighted by atomic mass is 32.2. The molecule has 0 saturated carbocycles. The first-order chi connectivity index (χ1) is 12.6. The number of hydrogen-bond acceptors (Lipinski definition) is 6. The Morgan fingerprint density at radius 1 is 1.19 bits per heavy atom. The molecule has 3 rings (SSSR count). The number of phenolic OH excluding ortho intramolecular Hbond substituents is 1. The molecule has 3 aromatic rings. The van der Waals surface area contributed by atoms with E-state index in [0.717, 1.165) is 6.42 Å². The molecular weight excluding hydrogens is 350 g/mol. The highest BCUT2D eigenvalue weighted by molar-refractivity contribution is 8.00. The number of thioether (sulfide) groups is 1. The third-order valence-corrected chi connectivity index (χ3v) is 4.78. The third kappa shape index (κ3) is 4.60. The number of nitrogens with one attached hydrogen (secondary N) is 1. The number of rotatable bonds is 7. The van der Waals surface area contributed by atoms with Gasteiger partial charge in [-0.25, -0.2) is 0 Å². The van der Waals surface area contributed by atoms with Gasteiger partial charge in [-0.3, -0.25) is 4.79 Å². The monoisotopic (exact) mass is 369 g/mol. The van der Waals surface area contributed by atoms with Crippen molar-refractivity contribution in [1.82, 2.24) is 25.5 Å². The molecule has 8 heteroatoms. The fourth-order valence-electron chi connectivity index (χ4n) is 2.34. The van der Waals surface area contributed by atoms with Crippen LogP contribution in [0.2, 0.25) is 0 Å². The van der Waals surface area contributed by atoms with Gasteiger partial charge in [-0.05, 0) is 53.6 Å². The second-order valence-corrected chi connectivity index (χ2v) is 6.98. The van der Waals surface area contributed by atoms with E-state index in [-0.39, 0.29) is 16.9 Å². The van der Waals surface area contributed by atoms with Crippen LogP contribution in [0.25, 0.3) is 5.69 Å². The number of aromatic nitrogens is 4. The van der Waals surface area contributed by atoms with Gasteiger partial charge in [0.2, 0.25) is 11.1 Å². The van der Waals surface area contributed by atoms with Crippen LogP contribution >= 0.6 is 11.8 Å². The molecule has 26 heavy (non-hydrogen) atoms. The molecule has 1 atom stereocenters. The Kier molecular flexibility index (Phi) is 5.85. The Hall–Kier alpha value is -2.87. The molecular formula is C18H19N5O2S. The summed E-state index contributed by atoms with van der Waals surface area (Å²) in [6.07, 6.45) is 0.787. The number of amides is 1. The van der Waals surface area contributed by atoms with Crippen molar-refractivity contribution >= 4 is 17.7 Å². The van der Waals surface area contributed by atoms with Gasteiger partial charge in [-0.2, -0.15) is 4.68 Å². The molecule has 2 N–H and O–H groups in total. The summed E-state index contributed by atoms with van der Waals surface area (Å²) < 4.78 is 1.54. The number of phenols is 1. The molecule has 0 radical (unpaired) electrons. The summed E-state index contributed by atoms with van der Waals surface area (Å²) in [6, 6.07) is 16.6. The first-order valence-corrected chi connectivity index (χ1v) is 9.07. The zero-order valence-corrected chi connectivity index (χ0v) is 15.1. The Bertz CT molecular complexity index is 852. The van der Waals surface area contributed by atoms with Crippen molar-refractivity contribution in [2.24, 2.45) is 0 Å². The lowest BCUT2D eigenvalue weighted by molar-refractivity contribution is -0.120. The SMILES string of the molecule is CC(Sc1nnnn1-c1ccc(O)cc1)C(=O)NCCc1ccccc1. The fraction of sp³-hybridized carbons (Fsp3) is 0.222. The zero-order chi connectivity index (χ0) is 18.4. The molecule has 134 valence electrons. The first kappa shape index (κ1) is 17.9. The van der Waals surface area contributed by atoms with Crippen LogP contribution in [-0.4, -0.2) is 43.0 Å². The summed E-state index contributed by atoms with van der Waals surface area (Å²) in [5, 5.41) is 24.1. The van der Waals surface area contributed by atoms with Crippen molar-refractivity contribution in [3.05, 3.63) is 60.2 Å². The predicted molar refractivity (Wildman–Crippen MR) is 99.3 cm³/mol. The normalized spacial score (nSPS) is 11.9. The number of carbonyl (C=O) groups is 1. The zero-order valence-electron chi connectivity index (χ0n) is 14.2. The van der Waals surface area contributed by atoms with Crippen molar-refractivity contribution in [3.8, 4) is 11.4 Å². The largest absolute Gasteiger partial charge is 0.508 e. The van der Waals surface area contributed by atoms with Gasteiger partial charge < -0.3 is 10.4 Å². The Morgan fingerprint density at radius 3 is 2.65 bits per heavy atom. The van der Waals surface area contributed by atoms with E-state index in [1.807, 2.05) is 37.3 Å². The van der Waals surface area contributed by atoms with E-state index >= 15 is 0 Å². The van der Waals surface area contributed by atoms with Gasteiger partial charge in [0.25, 0.3) is 0 Å². The van der Waals surface area contributed by atoms with E-state index in [9.17, 15) is 9.90 Å². The number of nitrogens with zero attached hydrogens (tertiary/aromatic N) is 4. The summed E-state index contributed by atoms with van der Waals surface area (Å²) in [5.41, 5.74) is 1.90. The van der Waals surface area contributed by atoms with Gasteiger partial charge >= 0.3 is 0 Å². The molecule has 1 aromatic heterocycles. The molecule has 0 spiro atoms. The maximum absolute atomic E-state index is 12.3. The smallest absolute Gasteiger partial charge is 0.233 e. The number of aromatic hydroxyl groups is 1. The Morgan fingerprint density at radius 2 is 1.92 bits per heavy atom. The molecule has 1 amide bonds. The molecule has 0 bridgehead atoms. The van der Waals surface area contributed by atoms with Crippen LogP contribution < -0.4 is 5.32 Å². The molecule has 0 fully saturated rings. The minimum Gasteiger partial charge on any atom is -0.508 e. The topological polar surface area (TPSA) is 92.9 Å². The summed E-state index contributed by atoms with van der Waals surface area (Å²) in [5.74, 6) is 0.105. The highest BCUT2D eigenvalue weighted by Gasteiger charge is 2.19. The summed E-state index contributed by atoms with van der Waals surface area (Å²) in [7, 11) is 0. The van der Waals surface area contributed by atoms with Crippen molar-refractivity contribution in [2.75, 3.05) is 6.54 Å². The van der Waals surface area contributed by atoms with Crippen LogP contribution in [0.5, 0.6) is 5.75 Å². The fourth-order valence-corrected chi connectivity index (χ4v) is 3.17. The third-order valence-electron chi connectivity index (χ3n) is 3.74. The molecule has 0 aliphatic rings. The predicted octanol–water partition coefficient (Wildman–Crippen LogP) is 2.21. The molecule has 0 saturated heterocycles. The van der Waals surface area contributed by atoms with E-state index in [0.29, 0.717) is 17.4 Å². The molecule has 2 aromatic carbocycles. The first-order valence-electron chi connectivity index (χ1n) is 8.19. The summed E-state index contributed by atoms with van der Waals surface area (Å²) in [6.45, 7) is 2.40. The standard InChI is InChI=1S/C18H19N5O2S/c1-13(17(25)19-12-11-14-5-3-2-4-6-14)26-18-20-21-22-23(18)15-7-9-16(24)10-8-15/h2-10,13,24H,11-12H2,1H3,(H,19,25). The molecule has 1 heterocycles. The molecule has 7 nitrogen and oxygen atoms in total. The van der Waals surface area contributed by atoms with E-state index in [4.69, 9.17) is 0 Å². The Balaban J connectivity index is 1.56. The van der Waals surface area contributed by atoms with Gasteiger partial charge in [0.15, 0.2) is 0 Å². The highest BCUT2D eigenvalue weighted by Crippen LogP contribution is 2.23. The van der Waals surface area contributed by atoms with Crippen molar-refractivity contribution < 1.29 is 9.90 Å². The maximum atomic E-state index is 12.3.